The van der Waals surface area contributed by atoms with Crippen LogP contribution in [0.4, 0.5) is 0 Å². The molecule has 20 heavy (non-hydrogen) atoms. The molecule has 2 N–H and O–H groups in total. The van der Waals surface area contributed by atoms with E-state index in [-0.39, 0.29) is 11.3 Å². The third kappa shape index (κ3) is 3.40. The molecule has 0 aliphatic carbocycles. The molecule has 2 rings (SSSR count). The lowest BCUT2D eigenvalue weighted by molar-refractivity contribution is 0.0694. The van der Waals surface area contributed by atoms with Gasteiger partial charge in [-0.25, -0.2) is 0 Å². The lowest BCUT2D eigenvalue weighted by Gasteiger charge is -2.31. The molecule has 110 valence electrons. The highest BCUT2D eigenvalue weighted by atomic mass is 32.1. The van der Waals surface area contributed by atoms with Gasteiger partial charge in [0.2, 0.25) is 0 Å². The molecule has 0 saturated carbocycles. The highest BCUT2D eigenvalue weighted by Crippen LogP contribution is 2.31. The van der Waals surface area contributed by atoms with Crippen LogP contribution in [0.15, 0.2) is 17.5 Å². The second kappa shape index (κ2) is 6.24. The molecule has 0 fully saturated rings. The largest absolute Gasteiger partial charge is 0.337 e. The van der Waals surface area contributed by atoms with E-state index in [0.29, 0.717) is 13.1 Å². The van der Waals surface area contributed by atoms with E-state index in [0.717, 1.165) is 17.8 Å². The molecule has 0 aliphatic rings. The summed E-state index contributed by atoms with van der Waals surface area (Å²) in [4.78, 5) is 15.5. The van der Waals surface area contributed by atoms with E-state index in [1.807, 2.05) is 11.0 Å². The summed E-state index contributed by atoms with van der Waals surface area (Å²) < 4.78 is 2.40. The lowest BCUT2D eigenvalue weighted by Crippen LogP contribution is -2.42. The van der Waals surface area contributed by atoms with E-state index in [9.17, 15) is 4.79 Å². The summed E-state index contributed by atoms with van der Waals surface area (Å²) in [6.07, 6.45) is 0.964. The van der Waals surface area contributed by atoms with Crippen molar-refractivity contribution in [3.05, 3.63) is 22.4 Å². The van der Waals surface area contributed by atoms with Gasteiger partial charge in [-0.15, -0.1) is 22.7 Å². The average molecular weight is 310 g/mol. The quantitative estimate of drug-likeness (QED) is 0.882. The molecule has 0 aromatic carbocycles. The summed E-state index contributed by atoms with van der Waals surface area (Å²) >= 11 is 3.28. The molecule has 0 bridgehead atoms. The Morgan fingerprint density at radius 3 is 2.75 bits per heavy atom. The van der Waals surface area contributed by atoms with Crippen molar-refractivity contribution in [2.45, 2.75) is 27.2 Å². The minimum Gasteiger partial charge on any atom is -0.337 e. The second-order valence-electron chi connectivity index (χ2n) is 5.85. The maximum absolute atomic E-state index is 12.7. The molecule has 0 atom stereocenters. The first-order valence-corrected chi connectivity index (χ1v) is 8.63. The fourth-order valence-electron chi connectivity index (χ4n) is 2.13. The van der Waals surface area contributed by atoms with Crippen molar-refractivity contribution in [2.75, 3.05) is 19.6 Å². The average Bonchev–Trinajstić information content (AvgIpc) is 2.98. The van der Waals surface area contributed by atoms with Crippen molar-refractivity contribution >= 4 is 38.0 Å². The fourth-order valence-corrected chi connectivity index (χ4v) is 4.21. The maximum Gasteiger partial charge on any atom is 0.264 e. The van der Waals surface area contributed by atoms with Crippen LogP contribution in [0.2, 0.25) is 0 Å². The van der Waals surface area contributed by atoms with Gasteiger partial charge in [-0.1, -0.05) is 20.8 Å². The Balaban J connectivity index is 2.19. The zero-order valence-electron chi connectivity index (χ0n) is 12.3. The van der Waals surface area contributed by atoms with E-state index in [2.05, 4.69) is 32.2 Å². The fraction of sp³-hybridized carbons (Fsp3) is 0.533. The Hall–Kier alpha value is -0.910. The number of carbonyl (C=O) groups excluding carboxylic acids is 1. The van der Waals surface area contributed by atoms with Crippen LogP contribution in [0.25, 0.3) is 9.40 Å². The van der Waals surface area contributed by atoms with Gasteiger partial charge in [0.15, 0.2) is 0 Å². The molecule has 0 aliphatic heterocycles. The van der Waals surface area contributed by atoms with Gasteiger partial charge >= 0.3 is 0 Å². The third-order valence-corrected chi connectivity index (χ3v) is 5.38. The first-order chi connectivity index (χ1) is 9.46. The summed E-state index contributed by atoms with van der Waals surface area (Å²) in [6, 6.07) is 4.10. The van der Waals surface area contributed by atoms with Crippen LogP contribution >= 0.6 is 22.7 Å². The summed E-state index contributed by atoms with van der Waals surface area (Å²) in [5.41, 5.74) is 5.76. The van der Waals surface area contributed by atoms with E-state index < -0.39 is 0 Å². The zero-order valence-corrected chi connectivity index (χ0v) is 13.9. The normalized spacial score (nSPS) is 12.0. The summed E-state index contributed by atoms with van der Waals surface area (Å²) in [6.45, 7) is 8.39. The third-order valence-electron chi connectivity index (χ3n) is 3.30. The number of hydrogen-bond donors (Lipinski definition) is 1. The molecule has 0 unspecified atom stereocenters. The van der Waals surface area contributed by atoms with Crippen LogP contribution in [-0.2, 0) is 0 Å². The Morgan fingerprint density at radius 1 is 1.40 bits per heavy atom. The molecule has 1 amide bonds. The van der Waals surface area contributed by atoms with Crippen LogP contribution in [-0.4, -0.2) is 30.4 Å². The minimum atomic E-state index is -0.0422. The van der Waals surface area contributed by atoms with Crippen molar-refractivity contribution in [1.82, 2.24) is 4.90 Å². The van der Waals surface area contributed by atoms with Crippen LogP contribution in [0, 0.1) is 5.41 Å². The highest BCUT2D eigenvalue weighted by molar-refractivity contribution is 7.27. The summed E-state index contributed by atoms with van der Waals surface area (Å²) in [5, 5.41) is 2.07. The minimum absolute atomic E-state index is 0.0422. The van der Waals surface area contributed by atoms with Gasteiger partial charge in [0.25, 0.3) is 5.91 Å². The van der Waals surface area contributed by atoms with Crippen molar-refractivity contribution in [3.63, 3.8) is 0 Å². The number of hydrogen-bond acceptors (Lipinski definition) is 4. The van der Waals surface area contributed by atoms with Gasteiger partial charge in [-0.05, 0) is 35.9 Å². The van der Waals surface area contributed by atoms with E-state index in [1.165, 1.54) is 9.40 Å². The van der Waals surface area contributed by atoms with Crippen molar-refractivity contribution in [3.8, 4) is 0 Å². The van der Waals surface area contributed by atoms with Gasteiger partial charge in [0.1, 0.15) is 0 Å². The molecule has 0 spiro atoms. The van der Waals surface area contributed by atoms with Crippen molar-refractivity contribution in [1.29, 1.82) is 0 Å². The monoisotopic (exact) mass is 310 g/mol. The van der Waals surface area contributed by atoms with Crippen LogP contribution in [0.5, 0.6) is 0 Å². The second-order valence-corrected chi connectivity index (χ2v) is 7.89. The van der Waals surface area contributed by atoms with E-state index in [1.54, 1.807) is 22.7 Å². The van der Waals surface area contributed by atoms with Crippen molar-refractivity contribution < 1.29 is 4.79 Å². The number of fused-ring (bicyclic) bond motifs is 1. The van der Waals surface area contributed by atoms with Crippen LogP contribution in [0.3, 0.4) is 0 Å². The molecular formula is C15H22N2OS2. The van der Waals surface area contributed by atoms with Crippen molar-refractivity contribution in [2.24, 2.45) is 11.1 Å². The molecule has 2 aromatic heterocycles. The van der Waals surface area contributed by atoms with E-state index in [4.69, 9.17) is 5.73 Å². The predicted octanol–water partition coefficient (Wildman–Crippen LogP) is 3.80. The SMILES string of the molecule is CCCN(CC(C)(C)CN)C(=O)c1cc2sccc2s1. The van der Waals surface area contributed by atoms with Crippen LogP contribution < -0.4 is 5.73 Å². The van der Waals surface area contributed by atoms with Gasteiger partial charge in [0, 0.05) is 22.5 Å². The Labute approximate surface area is 128 Å². The topological polar surface area (TPSA) is 46.3 Å². The first-order valence-electron chi connectivity index (χ1n) is 6.93. The number of nitrogens with zero attached hydrogens (tertiary/aromatic N) is 1. The molecule has 2 aromatic rings. The first kappa shape index (κ1) is 15.5. The van der Waals surface area contributed by atoms with Crippen LogP contribution in [0.1, 0.15) is 36.9 Å². The van der Waals surface area contributed by atoms with Gasteiger partial charge in [-0.3, -0.25) is 4.79 Å². The summed E-state index contributed by atoms with van der Waals surface area (Å²) in [7, 11) is 0. The Kier molecular flexibility index (Phi) is 4.83. The molecule has 3 nitrogen and oxygen atoms in total. The Bertz CT molecular complexity index is 557. The molecule has 5 heteroatoms. The number of nitrogens with two attached hydrogens (primary N) is 1. The number of carbonyl (C=O) groups is 1. The number of thiophene rings is 2. The molecule has 0 saturated heterocycles. The standard InChI is InChI=1S/C15H22N2OS2/c1-4-6-17(10-15(2,3)9-16)14(18)13-8-12-11(20-13)5-7-19-12/h5,7-8H,4,6,9-10,16H2,1-3H3. The number of amides is 1. The predicted molar refractivity (Wildman–Crippen MR) is 88.7 cm³/mol. The highest BCUT2D eigenvalue weighted by Gasteiger charge is 2.25. The molecular weight excluding hydrogens is 288 g/mol. The van der Waals surface area contributed by atoms with Gasteiger partial charge < -0.3 is 10.6 Å². The molecule has 2 heterocycles. The molecule has 0 radical (unpaired) electrons. The van der Waals surface area contributed by atoms with E-state index >= 15 is 0 Å². The van der Waals surface area contributed by atoms with Gasteiger partial charge in [-0.2, -0.15) is 0 Å². The summed E-state index contributed by atoms with van der Waals surface area (Å²) in [5.74, 6) is 0.141. The lowest BCUT2D eigenvalue weighted by atomic mass is 9.93. The Morgan fingerprint density at radius 2 is 2.15 bits per heavy atom. The number of rotatable bonds is 6. The maximum atomic E-state index is 12.7. The van der Waals surface area contributed by atoms with Gasteiger partial charge in [0.05, 0.1) is 4.88 Å². The smallest absolute Gasteiger partial charge is 0.264 e. The zero-order chi connectivity index (χ0) is 14.8.